The summed E-state index contributed by atoms with van der Waals surface area (Å²) in [5.74, 6) is -0.254. The lowest BCUT2D eigenvalue weighted by molar-refractivity contribution is -0.164. The van der Waals surface area contributed by atoms with Crippen LogP contribution in [0.3, 0.4) is 0 Å². The van der Waals surface area contributed by atoms with Gasteiger partial charge in [-0.25, -0.2) is 5.06 Å². The summed E-state index contributed by atoms with van der Waals surface area (Å²) >= 11 is 12.0. The van der Waals surface area contributed by atoms with E-state index < -0.39 is 6.04 Å². The molecule has 6 heteroatoms. The Hall–Kier alpha value is -0.810. The lowest BCUT2D eigenvalue weighted by Crippen LogP contribution is -2.34. The molecule has 16 heavy (non-hydrogen) atoms. The number of rotatable bonds is 2. The summed E-state index contributed by atoms with van der Waals surface area (Å²) in [5.41, 5.74) is 6.18. The molecule has 1 amide bonds. The van der Waals surface area contributed by atoms with Crippen LogP contribution in [0.15, 0.2) is 18.2 Å². The molecule has 2 rings (SSSR count). The van der Waals surface area contributed by atoms with E-state index in [9.17, 15) is 4.79 Å². The molecular weight excluding hydrogens is 251 g/mol. The van der Waals surface area contributed by atoms with Gasteiger partial charge in [-0.05, 0) is 12.1 Å². The summed E-state index contributed by atoms with van der Waals surface area (Å²) in [5, 5.41) is 2.20. The molecule has 0 aromatic heterocycles. The topological polar surface area (TPSA) is 55.6 Å². The van der Waals surface area contributed by atoms with Crippen molar-refractivity contribution in [1.29, 1.82) is 0 Å². The summed E-state index contributed by atoms with van der Waals surface area (Å²) in [4.78, 5) is 16.7. The van der Waals surface area contributed by atoms with Crippen molar-refractivity contribution in [3.05, 3.63) is 33.8 Å². The van der Waals surface area contributed by atoms with Gasteiger partial charge in [0.25, 0.3) is 5.91 Å². The largest absolute Gasteiger partial charge is 0.318 e. The lowest BCUT2D eigenvalue weighted by Gasteiger charge is -2.15. The summed E-state index contributed by atoms with van der Waals surface area (Å²) < 4.78 is 0. The lowest BCUT2D eigenvalue weighted by atomic mass is 10.2. The number of hydrogen-bond acceptors (Lipinski definition) is 3. The molecule has 1 saturated heterocycles. The minimum atomic E-state index is -0.596. The maximum Gasteiger partial charge on any atom is 0.265 e. The van der Waals surface area contributed by atoms with Gasteiger partial charge in [0.1, 0.15) is 6.04 Å². The third-order valence-electron chi connectivity index (χ3n) is 2.34. The summed E-state index contributed by atoms with van der Waals surface area (Å²) in [7, 11) is 0. The molecule has 1 aliphatic rings. The zero-order valence-corrected chi connectivity index (χ0v) is 9.83. The zero-order valence-electron chi connectivity index (χ0n) is 8.32. The molecule has 1 fully saturated rings. The highest BCUT2D eigenvalue weighted by Gasteiger charge is 2.30. The van der Waals surface area contributed by atoms with Crippen LogP contribution in [0.5, 0.6) is 0 Å². The molecule has 0 unspecified atom stereocenters. The van der Waals surface area contributed by atoms with E-state index in [0.717, 1.165) is 0 Å². The molecule has 1 aromatic carbocycles. The Labute approximate surface area is 103 Å². The van der Waals surface area contributed by atoms with Crippen LogP contribution >= 0.6 is 23.2 Å². The van der Waals surface area contributed by atoms with Crippen LogP contribution in [-0.4, -0.2) is 23.6 Å². The summed E-state index contributed by atoms with van der Waals surface area (Å²) in [6.45, 7) is 0.409. The Morgan fingerprint density at radius 1 is 1.44 bits per heavy atom. The fraction of sp³-hybridized carbons (Fsp3) is 0.300. The van der Waals surface area contributed by atoms with Crippen molar-refractivity contribution in [2.45, 2.75) is 12.6 Å². The van der Waals surface area contributed by atoms with Crippen molar-refractivity contribution >= 4 is 29.1 Å². The molecule has 4 nitrogen and oxygen atoms in total. The molecule has 2 N–H and O–H groups in total. The summed E-state index contributed by atoms with van der Waals surface area (Å²) in [6, 6.07) is 4.57. The monoisotopic (exact) mass is 260 g/mol. The van der Waals surface area contributed by atoms with Crippen LogP contribution < -0.4 is 5.73 Å². The van der Waals surface area contributed by atoms with Crippen molar-refractivity contribution in [2.75, 3.05) is 6.61 Å². The first-order valence-corrected chi connectivity index (χ1v) is 5.48. The highest BCUT2D eigenvalue weighted by molar-refractivity contribution is 6.36. The molecule has 1 aromatic rings. The van der Waals surface area contributed by atoms with Crippen molar-refractivity contribution in [2.24, 2.45) is 5.73 Å². The number of benzene rings is 1. The summed E-state index contributed by atoms with van der Waals surface area (Å²) in [6.07, 6.45) is 0. The smallest absolute Gasteiger partial charge is 0.265 e. The van der Waals surface area contributed by atoms with Gasteiger partial charge in [-0.2, -0.15) is 0 Å². The van der Waals surface area contributed by atoms with Crippen molar-refractivity contribution < 1.29 is 9.63 Å². The van der Waals surface area contributed by atoms with Gasteiger partial charge >= 0.3 is 0 Å². The van der Waals surface area contributed by atoms with E-state index in [0.29, 0.717) is 15.6 Å². The fourth-order valence-electron chi connectivity index (χ4n) is 1.44. The van der Waals surface area contributed by atoms with Gasteiger partial charge in [0.05, 0.1) is 13.2 Å². The van der Waals surface area contributed by atoms with Crippen molar-refractivity contribution in [3.63, 3.8) is 0 Å². The minimum absolute atomic E-state index is 0.195. The molecule has 0 aliphatic carbocycles. The molecule has 1 aliphatic heterocycles. The first-order valence-electron chi connectivity index (χ1n) is 4.72. The van der Waals surface area contributed by atoms with Crippen LogP contribution in [0.2, 0.25) is 10.0 Å². The zero-order chi connectivity index (χ0) is 11.7. The first kappa shape index (κ1) is 11.7. The second kappa shape index (κ2) is 4.59. The van der Waals surface area contributed by atoms with Gasteiger partial charge in [-0.3, -0.25) is 9.63 Å². The van der Waals surface area contributed by atoms with Gasteiger partial charge in [-0.15, -0.1) is 0 Å². The predicted molar refractivity (Wildman–Crippen MR) is 60.9 cm³/mol. The quantitative estimate of drug-likeness (QED) is 0.879. The van der Waals surface area contributed by atoms with Gasteiger partial charge in [-0.1, -0.05) is 29.3 Å². The number of nitrogens with two attached hydrogens (primary N) is 1. The standard InChI is InChI=1S/C10H10Cl2N2O2/c11-7-2-1-3-8(12)6(7)4-14-10(15)9(13)5-16-14/h1-3,9H,4-5,13H2/t9-/m1/s1. The number of amides is 1. The van der Waals surface area contributed by atoms with E-state index in [1.165, 1.54) is 5.06 Å². The normalized spacial score (nSPS) is 20.6. The second-order valence-electron chi connectivity index (χ2n) is 3.48. The molecule has 1 atom stereocenters. The van der Waals surface area contributed by atoms with Gasteiger partial charge < -0.3 is 5.73 Å². The maximum atomic E-state index is 11.5. The Bertz CT molecular complexity index is 405. The third-order valence-corrected chi connectivity index (χ3v) is 3.04. The van der Waals surface area contributed by atoms with Crippen LogP contribution in [0.25, 0.3) is 0 Å². The number of hydroxylamine groups is 2. The molecule has 0 saturated carbocycles. The first-order chi connectivity index (χ1) is 7.59. The Morgan fingerprint density at radius 3 is 2.56 bits per heavy atom. The van der Waals surface area contributed by atoms with E-state index in [1.807, 2.05) is 0 Å². The van der Waals surface area contributed by atoms with E-state index >= 15 is 0 Å². The molecular formula is C10H10Cl2N2O2. The molecule has 86 valence electrons. The third kappa shape index (κ3) is 2.15. The number of carbonyl (C=O) groups excluding carboxylic acids is 1. The van der Waals surface area contributed by atoms with E-state index in [2.05, 4.69) is 0 Å². The average Bonchev–Trinajstić information content (AvgIpc) is 2.55. The molecule has 0 bridgehead atoms. The molecule has 1 heterocycles. The van der Waals surface area contributed by atoms with Crippen LogP contribution in [-0.2, 0) is 16.2 Å². The van der Waals surface area contributed by atoms with Gasteiger partial charge in [0.2, 0.25) is 0 Å². The highest BCUT2D eigenvalue weighted by Crippen LogP contribution is 2.26. The van der Waals surface area contributed by atoms with Crippen LogP contribution in [0.1, 0.15) is 5.56 Å². The van der Waals surface area contributed by atoms with E-state index in [4.69, 9.17) is 33.8 Å². The number of carbonyl (C=O) groups is 1. The predicted octanol–water partition coefficient (Wildman–Crippen LogP) is 1.59. The minimum Gasteiger partial charge on any atom is -0.318 e. The number of halogens is 2. The number of nitrogens with zero attached hydrogens (tertiary/aromatic N) is 1. The molecule has 0 spiro atoms. The van der Waals surface area contributed by atoms with Crippen molar-refractivity contribution in [1.82, 2.24) is 5.06 Å². The highest BCUT2D eigenvalue weighted by atomic mass is 35.5. The SMILES string of the molecule is N[C@@H]1CON(Cc2c(Cl)cccc2Cl)C1=O. The Kier molecular flexibility index (Phi) is 3.35. The van der Waals surface area contributed by atoms with Gasteiger partial charge in [0, 0.05) is 15.6 Å². The average molecular weight is 261 g/mol. The van der Waals surface area contributed by atoms with Gasteiger partial charge in [0.15, 0.2) is 0 Å². The van der Waals surface area contributed by atoms with Crippen LogP contribution in [0.4, 0.5) is 0 Å². The van der Waals surface area contributed by atoms with Crippen molar-refractivity contribution in [3.8, 4) is 0 Å². The van der Waals surface area contributed by atoms with E-state index in [1.54, 1.807) is 18.2 Å². The van der Waals surface area contributed by atoms with Crippen LogP contribution in [0, 0.1) is 0 Å². The molecule has 0 radical (unpaired) electrons. The Morgan fingerprint density at radius 2 is 2.06 bits per heavy atom. The maximum absolute atomic E-state index is 11.5. The van der Waals surface area contributed by atoms with E-state index in [-0.39, 0.29) is 19.1 Å². The Balaban J connectivity index is 2.19. The number of hydrogen-bond donors (Lipinski definition) is 1. The second-order valence-corrected chi connectivity index (χ2v) is 4.29. The fourth-order valence-corrected chi connectivity index (χ4v) is 1.96.